The minimum Gasteiger partial charge on any atom is -0.395 e. The van der Waals surface area contributed by atoms with Crippen molar-refractivity contribution in [1.29, 1.82) is 0 Å². The van der Waals surface area contributed by atoms with Gasteiger partial charge in [0.25, 0.3) is 5.91 Å². The fourth-order valence-electron chi connectivity index (χ4n) is 3.06. The topological polar surface area (TPSA) is 87.0 Å². The standard InChI is InChI=1S/C14H23N5O/c1-2-19-7-3-4-10(19)8-16-14(20)13-11(15)12(17-18-13)9-5-6-9/h9-10H,2-8,15H2,1H3,(H,16,20)(H,17,18). The Labute approximate surface area is 119 Å². The van der Waals surface area contributed by atoms with Gasteiger partial charge in [0, 0.05) is 18.5 Å². The van der Waals surface area contributed by atoms with Crippen LogP contribution >= 0.6 is 0 Å². The van der Waals surface area contributed by atoms with Crippen LogP contribution in [0.15, 0.2) is 0 Å². The summed E-state index contributed by atoms with van der Waals surface area (Å²) in [6.45, 7) is 5.01. The van der Waals surface area contributed by atoms with Crippen molar-refractivity contribution in [3.8, 4) is 0 Å². The smallest absolute Gasteiger partial charge is 0.273 e. The van der Waals surface area contributed by atoms with E-state index in [1.54, 1.807) is 0 Å². The first-order chi connectivity index (χ1) is 9.70. The summed E-state index contributed by atoms with van der Waals surface area (Å²) in [6.07, 6.45) is 4.64. The number of rotatable bonds is 5. The second-order valence-electron chi connectivity index (χ2n) is 5.81. The number of nitrogen functional groups attached to an aromatic ring is 1. The lowest BCUT2D eigenvalue weighted by Gasteiger charge is -2.22. The maximum atomic E-state index is 12.2. The van der Waals surface area contributed by atoms with Gasteiger partial charge in [0.15, 0.2) is 5.69 Å². The van der Waals surface area contributed by atoms with Crippen LogP contribution in [0.5, 0.6) is 0 Å². The number of nitrogens with one attached hydrogen (secondary N) is 2. The molecule has 3 rings (SSSR count). The van der Waals surface area contributed by atoms with Crippen molar-refractivity contribution in [2.75, 3.05) is 25.4 Å². The second-order valence-corrected chi connectivity index (χ2v) is 5.81. The highest BCUT2D eigenvalue weighted by Crippen LogP contribution is 2.42. The molecule has 1 aromatic heterocycles. The van der Waals surface area contributed by atoms with E-state index in [-0.39, 0.29) is 5.91 Å². The maximum Gasteiger partial charge on any atom is 0.273 e. The van der Waals surface area contributed by atoms with Crippen molar-refractivity contribution in [1.82, 2.24) is 20.4 Å². The molecule has 20 heavy (non-hydrogen) atoms. The largest absolute Gasteiger partial charge is 0.395 e. The molecule has 6 nitrogen and oxygen atoms in total. The highest BCUT2D eigenvalue weighted by atomic mass is 16.2. The predicted molar refractivity (Wildman–Crippen MR) is 77.6 cm³/mol. The number of hydrogen-bond acceptors (Lipinski definition) is 4. The van der Waals surface area contributed by atoms with Crippen molar-refractivity contribution in [3.05, 3.63) is 11.4 Å². The van der Waals surface area contributed by atoms with Gasteiger partial charge in [0.2, 0.25) is 0 Å². The van der Waals surface area contributed by atoms with Gasteiger partial charge >= 0.3 is 0 Å². The van der Waals surface area contributed by atoms with Crippen LogP contribution in [-0.2, 0) is 0 Å². The van der Waals surface area contributed by atoms with Crippen molar-refractivity contribution in [2.45, 2.75) is 44.6 Å². The zero-order valence-corrected chi connectivity index (χ0v) is 12.0. The van der Waals surface area contributed by atoms with Gasteiger partial charge < -0.3 is 11.1 Å². The Morgan fingerprint density at radius 3 is 3.00 bits per heavy atom. The zero-order chi connectivity index (χ0) is 14.1. The number of nitrogens with zero attached hydrogens (tertiary/aromatic N) is 2. The first-order valence-corrected chi connectivity index (χ1v) is 7.56. The monoisotopic (exact) mass is 277 g/mol. The number of anilines is 1. The summed E-state index contributed by atoms with van der Waals surface area (Å²) in [5.74, 6) is 0.322. The van der Waals surface area contributed by atoms with Crippen molar-refractivity contribution in [2.24, 2.45) is 0 Å². The van der Waals surface area contributed by atoms with E-state index in [1.807, 2.05) is 0 Å². The normalized spacial score (nSPS) is 23.1. The first-order valence-electron chi connectivity index (χ1n) is 7.56. The molecule has 1 aliphatic carbocycles. The van der Waals surface area contributed by atoms with E-state index in [0.29, 0.717) is 29.9 Å². The third-order valence-electron chi connectivity index (χ3n) is 4.44. The molecule has 0 aromatic carbocycles. The van der Waals surface area contributed by atoms with Crippen LogP contribution in [0, 0.1) is 0 Å². The number of aromatic amines is 1. The molecule has 2 fully saturated rings. The first kappa shape index (κ1) is 13.4. The lowest BCUT2D eigenvalue weighted by Crippen LogP contribution is -2.40. The minimum atomic E-state index is -0.159. The van der Waals surface area contributed by atoms with Gasteiger partial charge in [-0.15, -0.1) is 0 Å². The summed E-state index contributed by atoms with van der Waals surface area (Å²) in [4.78, 5) is 14.6. The number of hydrogen-bond donors (Lipinski definition) is 3. The van der Waals surface area contributed by atoms with Gasteiger partial charge in [-0.3, -0.25) is 14.8 Å². The maximum absolute atomic E-state index is 12.2. The van der Waals surface area contributed by atoms with E-state index < -0.39 is 0 Å². The fourth-order valence-corrected chi connectivity index (χ4v) is 3.06. The fraction of sp³-hybridized carbons (Fsp3) is 0.714. The Kier molecular flexibility index (Phi) is 3.65. The Bertz CT molecular complexity index is 494. The molecule has 1 atom stereocenters. The zero-order valence-electron chi connectivity index (χ0n) is 12.0. The molecule has 0 spiro atoms. The van der Waals surface area contributed by atoms with E-state index in [1.165, 1.54) is 6.42 Å². The molecule has 1 amide bonds. The summed E-state index contributed by atoms with van der Waals surface area (Å²) in [5, 5.41) is 9.98. The van der Waals surface area contributed by atoms with Crippen LogP contribution in [0.1, 0.15) is 54.7 Å². The van der Waals surface area contributed by atoms with E-state index in [2.05, 4.69) is 27.3 Å². The molecule has 1 saturated carbocycles. The molecule has 2 aliphatic rings. The summed E-state index contributed by atoms with van der Waals surface area (Å²) in [5.41, 5.74) is 7.84. The highest BCUT2D eigenvalue weighted by Gasteiger charge is 2.30. The van der Waals surface area contributed by atoms with E-state index >= 15 is 0 Å². The quantitative estimate of drug-likeness (QED) is 0.751. The van der Waals surface area contributed by atoms with Crippen molar-refractivity contribution < 1.29 is 4.79 Å². The number of nitrogens with two attached hydrogens (primary N) is 1. The highest BCUT2D eigenvalue weighted by molar-refractivity contribution is 5.97. The summed E-state index contributed by atoms with van der Waals surface area (Å²) < 4.78 is 0. The second kappa shape index (κ2) is 5.44. The average molecular weight is 277 g/mol. The Balaban J connectivity index is 1.59. The molecular formula is C14H23N5O. The molecule has 6 heteroatoms. The number of likely N-dealkylation sites (N-methyl/N-ethyl adjacent to an activating group) is 1. The van der Waals surface area contributed by atoms with Crippen LogP contribution in [0.25, 0.3) is 0 Å². The van der Waals surface area contributed by atoms with E-state index in [4.69, 9.17) is 5.73 Å². The molecule has 0 radical (unpaired) electrons. The van der Waals surface area contributed by atoms with E-state index in [0.717, 1.165) is 38.0 Å². The molecule has 4 N–H and O–H groups in total. The average Bonchev–Trinajstić information content (AvgIpc) is 3.06. The molecule has 110 valence electrons. The number of amides is 1. The number of aromatic nitrogens is 2. The minimum absolute atomic E-state index is 0.159. The van der Waals surface area contributed by atoms with E-state index in [9.17, 15) is 4.79 Å². The van der Waals surface area contributed by atoms with Crippen molar-refractivity contribution in [3.63, 3.8) is 0 Å². The molecule has 0 bridgehead atoms. The lowest BCUT2D eigenvalue weighted by atomic mass is 10.2. The molecule has 1 aliphatic heterocycles. The van der Waals surface area contributed by atoms with Crippen LogP contribution < -0.4 is 11.1 Å². The SMILES string of the molecule is CCN1CCCC1CNC(=O)c1n[nH]c(C2CC2)c1N. The lowest BCUT2D eigenvalue weighted by molar-refractivity contribution is 0.0937. The van der Waals surface area contributed by atoms with Crippen LogP contribution in [0.4, 0.5) is 5.69 Å². The van der Waals surface area contributed by atoms with Crippen LogP contribution in [0.2, 0.25) is 0 Å². The third-order valence-corrected chi connectivity index (χ3v) is 4.44. The van der Waals surface area contributed by atoms with Crippen LogP contribution in [0.3, 0.4) is 0 Å². The van der Waals surface area contributed by atoms with Gasteiger partial charge in [0.1, 0.15) is 0 Å². The van der Waals surface area contributed by atoms with Crippen molar-refractivity contribution >= 4 is 11.6 Å². The molecule has 1 unspecified atom stereocenters. The van der Waals surface area contributed by atoms with Gasteiger partial charge in [-0.2, -0.15) is 5.10 Å². The van der Waals surface area contributed by atoms with Gasteiger partial charge in [-0.25, -0.2) is 0 Å². The number of carbonyl (C=O) groups is 1. The van der Waals surface area contributed by atoms with Crippen LogP contribution in [-0.4, -0.2) is 46.7 Å². The molecule has 2 heterocycles. The van der Waals surface area contributed by atoms with Gasteiger partial charge in [0.05, 0.1) is 11.4 Å². The van der Waals surface area contributed by atoms with Gasteiger partial charge in [-0.1, -0.05) is 6.92 Å². The number of H-pyrrole nitrogens is 1. The molecular weight excluding hydrogens is 254 g/mol. The predicted octanol–water partition coefficient (Wildman–Crippen LogP) is 1.08. The number of likely N-dealkylation sites (tertiary alicyclic amines) is 1. The Hall–Kier alpha value is -1.56. The molecule has 1 saturated heterocycles. The Morgan fingerprint density at radius 2 is 2.30 bits per heavy atom. The number of carbonyl (C=O) groups excluding carboxylic acids is 1. The third kappa shape index (κ3) is 2.52. The van der Waals surface area contributed by atoms with Gasteiger partial charge in [-0.05, 0) is 38.8 Å². The summed E-state index contributed by atoms with van der Waals surface area (Å²) in [6, 6.07) is 0.451. The Morgan fingerprint density at radius 1 is 1.50 bits per heavy atom. The summed E-state index contributed by atoms with van der Waals surface area (Å²) in [7, 11) is 0. The molecule has 1 aromatic rings. The summed E-state index contributed by atoms with van der Waals surface area (Å²) >= 11 is 0.